The fraction of sp³-hybridized carbons (Fsp3) is 0.211. The predicted molar refractivity (Wildman–Crippen MR) is 104 cm³/mol. The predicted octanol–water partition coefficient (Wildman–Crippen LogP) is 4.48. The average Bonchev–Trinajstić information content (AvgIpc) is 2.62. The minimum Gasteiger partial charge on any atom is -0.378 e. The van der Waals surface area contributed by atoms with Crippen molar-refractivity contribution in [3.8, 4) is 0 Å². The minimum absolute atomic E-state index is 0.239. The second kappa shape index (κ2) is 8.39. The lowest BCUT2D eigenvalue weighted by Gasteiger charge is -2.30. The molecule has 1 heterocycles. The van der Waals surface area contributed by atoms with Crippen molar-refractivity contribution in [1.29, 1.82) is 0 Å². The van der Waals surface area contributed by atoms with Crippen LogP contribution in [-0.4, -0.2) is 32.2 Å². The summed E-state index contributed by atoms with van der Waals surface area (Å²) in [6.07, 6.45) is 3.15. The molecule has 0 unspecified atom stereocenters. The Balaban J connectivity index is 1.76. The van der Waals surface area contributed by atoms with Gasteiger partial charge in [0.15, 0.2) is 0 Å². The number of benzene rings is 2. The van der Waals surface area contributed by atoms with Crippen LogP contribution in [0.2, 0.25) is 10.0 Å². The quantitative estimate of drug-likeness (QED) is 0.799. The SMILES string of the molecule is O=C(/C=C/c1ccccc1Cl)Nc1cc(Cl)ccc1N1CCOCC1. The molecule has 0 saturated carbocycles. The molecule has 0 atom stereocenters. The molecule has 1 N–H and O–H groups in total. The summed E-state index contributed by atoms with van der Waals surface area (Å²) in [7, 11) is 0. The van der Waals surface area contributed by atoms with Crippen molar-refractivity contribution in [1.82, 2.24) is 0 Å². The molecule has 130 valence electrons. The van der Waals surface area contributed by atoms with Crippen LogP contribution in [0.3, 0.4) is 0 Å². The number of amides is 1. The molecule has 4 nitrogen and oxygen atoms in total. The Bertz CT molecular complexity index is 787. The third-order valence-corrected chi connectivity index (χ3v) is 4.47. The van der Waals surface area contributed by atoms with Gasteiger partial charge in [0.25, 0.3) is 0 Å². The number of halogens is 2. The van der Waals surface area contributed by atoms with Crippen LogP contribution < -0.4 is 10.2 Å². The number of nitrogens with one attached hydrogen (secondary N) is 1. The van der Waals surface area contributed by atoms with E-state index in [4.69, 9.17) is 27.9 Å². The molecule has 1 aliphatic rings. The van der Waals surface area contributed by atoms with Crippen LogP contribution in [0, 0.1) is 0 Å². The lowest BCUT2D eigenvalue weighted by Crippen LogP contribution is -2.36. The summed E-state index contributed by atoms with van der Waals surface area (Å²) < 4.78 is 5.39. The lowest BCUT2D eigenvalue weighted by molar-refractivity contribution is -0.111. The summed E-state index contributed by atoms with van der Waals surface area (Å²) >= 11 is 12.2. The molecule has 2 aromatic rings. The molecule has 1 fully saturated rings. The van der Waals surface area contributed by atoms with Gasteiger partial charge in [0, 0.05) is 29.2 Å². The van der Waals surface area contributed by atoms with Gasteiger partial charge in [-0.15, -0.1) is 0 Å². The summed E-state index contributed by atoms with van der Waals surface area (Å²) in [4.78, 5) is 14.5. The number of hydrogen-bond donors (Lipinski definition) is 1. The Hall–Kier alpha value is -2.01. The van der Waals surface area contributed by atoms with Gasteiger partial charge in [-0.05, 0) is 35.9 Å². The third kappa shape index (κ3) is 4.75. The van der Waals surface area contributed by atoms with Gasteiger partial charge in [0.1, 0.15) is 0 Å². The monoisotopic (exact) mass is 376 g/mol. The Morgan fingerprint density at radius 2 is 1.88 bits per heavy atom. The number of morpholine rings is 1. The molecule has 0 bridgehead atoms. The zero-order valence-electron chi connectivity index (χ0n) is 13.5. The van der Waals surface area contributed by atoms with Crippen LogP contribution in [0.1, 0.15) is 5.56 Å². The van der Waals surface area contributed by atoms with E-state index >= 15 is 0 Å². The van der Waals surface area contributed by atoms with Gasteiger partial charge in [-0.2, -0.15) is 0 Å². The average molecular weight is 377 g/mol. The number of ether oxygens (including phenoxy) is 1. The largest absolute Gasteiger partial charge is 0.378 e. The molecule has 0 radical (unpaired) electrons. The molecule has 3 rings (SSSR count). The van der Waals surface area contributed by atoms with Gasteiger partial charge < -0.3 is 15.0 Å². The van der Waals surface area contributed by atoms with Crippen LogP contribution in [-0.2, 0) is 9.53 Å². The molecule has 25 heavy (non-hydrogen) atoms. The highest BCUT2D eigenvalue weighted by Gasteiger charge is 2.16. The van der Waals surface area contributed by atoms with Gasteiger partial charge in [-0.3, -0.25) is 4.79 Å². The van der Waals surface area contributed by atoms with Gasteiger partial charge in [0.05, 0.1) is 24.6 Å². The summed E-state index contributed by atoms with van der Waals surface area (Å²) in [6.45, 7) is 2.89. The van der Waals surface area contributed by atoms with Crippen LogP contribution in [0.4, 0.5) is 11.4 Å². The van der Waals surface area contributed by atoms with Gasteiger partial charge in [-0.1, -0.05) is 41.4 Å². The topological polar surface area (TPSA) is 41.6 Å². The van der Waals surface area contributed by atoms with Crippen molar-refractivity contribution < 1.29 is 9.53 Å². The maximum absolute atomic E-state index is 12.3. The molecule has 0 aliphatic carbocycles. The Kier molecular flexibility index (Phi) is 5.97. The Labute approximate surface area is 157 Å². The summed E-state index contributed by atoms with van der Waals surface area (Å²) in [5.74, 6) is -0.239. The summed E-state index contributed by atoms with van der Waals surface area (Å²) in [5, 5.41) is 4.07. The van der Waals surface area contributed by atoms with E-state index in [0.29, 0.717) is 28.9 Å². The van der Waals surface area contributed by atoms with E-state index in [-0.39, 0.29) is 5.91 Å². The van der Waals surface area contributed by atoms with E-state index in [1.807, 2.05) is 30.3 Å². The molecular weight excluding hydrogens is 359 g/mol. The van der Waals surface area contributed by atoms with Crippen LogP contribution in [0.5, 0.6) is 0 Å². The standard InChI is InChI=1S/C19H18Cl2N2O2/c20-15-6-7-18(23-9-11-25-12-10-23)17(13-15)22-19(24)8-5-14-3-1-2-4-16(14)21/h1-8,13H,9-12H2,(H,22,24)/b8-5+. The number of hydrogen-bond acceptors (Lipinski definition) is 3. The van der Waals surface area contributed by atoms with Gasteiger partial charge >= 0.3 is 0 Å². The lowest BCUT2D eigenvalue weighted by atomic mass is 10.2. The molecule has 6 heteroatoms. The van der Waals surface area contributed by atoms with E-state index in [0.717, 1.165) is 24.3 Å². The van der Waals surface area contributed by atoms with Crippen molar-refractivity contribution in [3.63, 3.8) is 0 Å². The molecule has 1 saturated heterocycles. The van der Waals surface area contributed by atoms with Crippen molar-refractivity contribution in [2.75, 3.05) is 36.5 Å². The van der Waals surface area contributed by atoms with E-state index in [1.54, 1.807) is 18.2 Å². The number of carbonyl (C=O) groups is 1. The number of anilines is 2. The van der Waals surface area contributed by atoms with Gasteiger partial charge in [-0.25, -0.2) is 0 Å². The van der Waals surface area contributed by atoms with E-state index in [2.05, 4.69) is 10.2 Å². The number of rotatable bonds is 4. The van der Waals surface area contributed by atoms with Crippen molar-refractivity contribution in [3.05, 3.63) is 64.1 Å². The fourth-order valence-corrected chi connectivity index (χ4v) is 3.01. The minimum atomic E-state index is -0.239. The molecular formula is C19H18Cl2N2O2. The maximum atomic E-state index is 12.3. The van der Waals surface area contributed by atoms with Crippen molar-refractivity contribution in [2.24, 2.45) is 0 Å². The highest BCUT2D eigenvalue weighted by atomic mass is 35.5. The normalized spacial score (nSPS) is 14.7. The first-order valence-electron chi connectivity index (χ1n) is 7.99. The smallest absolute Gasteiger partial charge is 0.248 e. The van der Waals surface area contributed by atoms with E-state index in [1.165, 1.54) is 6.08 Å². The third-order valence-electron chi connectivity index (χ3n) is 3.89. The number of carbonyl (C=O) groups excluding carboxylic acids is 1. The second-order valence-corrected chi connectivity index (χ2v) is 6.45. The molecule has 0 aromatic heterocycles. The van der Waals surface area contributed by atoms with Crippen LogP contribution >= 0.6 is 23.2 Å². The Morgan fingerprint density at radius 3 is 2.64 bits per heavy atom. The first-order valence-corrected chi connectivity index (χ1v) is 8.75. The maximum Gasteiger partial charge on any atom is 0.248 e. The fourth-order valence-electron chi connectivity index (χ4n) is 2.64. The molecule has 1 amide bonds. The zero-order valence-corrected chi connectivity index (χ0v) is 15.1. The van der Waals surface area contributed by atoms with E-state index in [9.17, 15) is 4.79 Å². The number of nitrogens with zero attached hydrogens (tertiary/aromatic N) is 1. The van der Waals surface area contributed by atoms with Crippen molar-refractivity contribution in [2.45, 2.75) is 0 Å². The zero-order chi connectivity index (χ0) is 17.6. The molecule has 2 aromatic carbocycles. The first kappa shape index (κ1) is 17.8. The summed E-state index contributed by atoms with van der Waals surface area (Å²) in [5.41, 5.74) is 2.41. The van der Waals surface area contributed by atoms with Crippen LogP contribution in [0.25, 0.3) is 6.08 Å². The molecule has 1 aliphatic heterocycles. The molecule has 0 spiro atoms. The first-order chi connectivity index (χ1) is 12.1. The second-order valence-electron chi connectivity index (χ2n) is 5.60. The Morgan fingerprint density at radius 1 is 1.12 bits per heavy atom. The summed E-state index contributed by atoms with van der Waals surface area (Å²) in [6, 6.07) is 12.9. The van der Waals surface area contributed by atoms with Gasteiger partial charge in [0.2, 0.25) is 5.91 Å². The highest BCUT2D eigenvalue weighted by Crippen LogP contribution is 2.30. The van der Waals surface area contributed by atoms with Crippen molar-refractivity contribution >= 4 is 46.6 Å². The van der Waals surface area contributed by atoms with Crippen LogP contribution in [0.15, 0.2) is 48.5 Å². The highest BCUT2D eigenvalue weighted by molar-refractivity contribution is 6.32. The van der Waals surface area contributed by atoms with E-state index < -0.39 is 0 Å².